The van der Waals surface area contributed by atoms with Crippen LogP contribution in [0.2, 0.25) is 0 Å². The molecule has 0 aromatic heterocycles. The van der Waals surface area contributed by atoms with E-state index in [1.165, 1.54) is 0 Å². The molecule has 0 bridgehead atoms. The third kappa shape index (κ3) is 2.30. The average Bonchev–Trinajstić information content (AvgIpc) is 2.80. The zero-order valence-electron chi connectivity index (χ0n) is 12.8. The van der Waals surface area contributed by atoms with Gasteiger partial charge in [-0.3, -0.25) is 4.79 Å². The first kappa shape index (κ1) is 14.9. The fraction of sp³-hybridized carbons (Fsp3) is 0.588. The van der Waals surface area contributed by atoms with Crippen LogP contribution in [-0.2, 0) is 15.6 Å². The van der Waals surface area contributed by atoms with Crippen LogP contribution in [0.3, 0.4) is 0 Å². The number of aliphatic carboxylic acids is 1. The van der Waals surface area contributed by atoms with E-state index in [2.05, 4.69) is 0 Å². The number of carbonyl (C=O) groups is 1. The number of aryl methyl sites for hydroxylation is 1. The Morgan fingerprint density at radius 2 is 1.75 bits per heavy atom. The maximum absolute atomic E-state index is 11.8. The fourth-order valence-corrected chi connectivity index (χ4v) is 3.29. The van der Waals surface area contributed by atoms with Gasteiger partial charge in [-0.05, 0) is 30.7 Å². The maximum atomic E-state index is 11.8. The van der Waals surface area contributed by atoms with Crippen molar-refractivity contribution in [2.24, 2.45) is 0 Å². The Kier molecular flexibility index (Phi) is 3.57. The first-order valence-electron chi connectivity index (χ1n) is 7.26. The van der Waals surface area contributed by atoms with Crippen molar-refractivity contribution in [3.63, 3.8) is 0 Å². The van der Waals surface area contributed by atoms with Crippen LogP contribution in [0.25, 0.3) is 0 Å². The van der Waals surface area contributed by atoms with Crippen LogP contribution in [0.15, 0.2) is 12.1 Å². The number of phenols is 1. The van der Waals surface area contributed by atoms with E-state index in [1.807, 2.05) is 39.8 Å². The Morgan fingerprint density at radius 3 is 2.20 bits per heavy atom. The quantitative estimate of drug-likeness (QED) is 0.861. The highest BCUT2D eigenvalue weighted by molar-refractivity contribution is 5.83. The van der Waals surface area contributed by atoms with E-state index >= 15 is 0 Å². The third-order valence-corrected chi connectivity index (χ3v) is 4.44. The molecule has 0 atom stereocenters. The molecule has 0 radical (unpaired) electrons. The number of carboxylic acids is 1. The van der Waals surface area contributed by atoms with Crippen LogP contribution in [0.1, 0.15) is 63.1 Å². The van der Waals surface area contributed by atoms with E-state index in [0.29, 0.717) is 18.4 Å². The van der Waals surface area contributed by atoms with E-state index in [-0.39, 0.29) is 11.2 Å². The van der Waals surface area contributed by atoms with Crippen molar-refractivity contribution in [3.05, 3.63) is 28.8 Å². The number of rotatable bonds is 2. The van der Waals surface area contributed by atoms with Gasteiger partial charge in [-0.2, -0.15) is 0 Å². The monoisotopic (exact) mass is 276 g/mol. The molecular formula is C17H24O3. The van der Waals surface area contributed by atoms with Gasteiger partial charge in [0.25, 0.3) is 0 Å². The van der Waals surface area contributed by atoms with Gasteiger partial charge < -0.3 is 10.2 Å². The molecule has 1 fully saturated rings. The first-order chi connectivity index (χ1) is 9.18. The predicted octanol–water partition coefficient (Wildman–Crippen LogP) is 3.89. The van der Waals surface area contributed by atoms with Crippen molar-refractivity contribution in [3.8, 4) is 5.75 Å². The molecule has 1 saturated carbocycles. The van der Waals surface area contributed by atoms with Crippen molar-refractivity contribution < 1.29 is 15.0 Å². The summed E-state index contributed by atoms with van der Waals surface area (Å²) in [6.07, 6.45) is 3.04. The highest BCUT2D eigenvalue weighted by Gasteiger charge is 2.45. The Hall–Kier alpha value is -1.51. The van der Waals surface area contributed by atoms with Crippen LogP contribution >= 0.6 is 0 Å². The topological polar surface area (TPSA) is 57.5 Å². The number of benzene rings is 1. The summed E-state index contributed by atoms with van der Waals surface area (Å²) in [4.78, 5) is 11.8. The van der Waals surface area contributed by atoms with E-state index < -0.39 is 11.4 Å². The van der Waals surface area contributed by atoms with Crippen LogP contribution in [-0.4, -0.2) is 16.2 Å². The van der Waals surface area contributed by atoms with E-state index in [4.69, 9.17) is 0 Å². The molecule has 20 heavy (non-hydrogen) atoms. The molecular weight excluding hydrogens is 252 g/mol. The van der Waals surface area contributed by atoms with Crippen molar-refractivity contribution >= 4 is 5.97 Å². The lowest BCUT2D eigenvalue weighted by Gasteiger charge is -2.30. The fourth-order valence-electron chi connectivity index (χ4n) is 3.29. The molecule has 0 amide bonds. The zero-order chi connectivity index (χ0) is 15.1. The summed E-state index contributed by atoms with van der Waals surface area (Å²) in [5.41, 5.74) is 1.34. The minimum atomic E-state index is -0.907. The average molecular weight is 276 g/mol. The molecule has 3 heteroatoms. The lowest BCUT2D eigenvalue weighted by atomic mass is 9.74. The molecule has 0 heterocycles. The summed E-state index contributed by atoms with van der Waals surface area (Å²) < 4.78 is 0. The molecule has 2 rings (SSSR count). The van der Waals surface area contributed by atoms with Crippen molar-refractivity contribution in [2.45, 2.75) is 64.2 Å². The zero-order valence-corrected chi connectivity index (χ0v) is 12.8. The highest BCUT2D eigenvalue weighted by Crippen LogP contribution is 2.47. The lowest BCUT2D eigenvalue weighted by Crippen LogP contribution is -2.33. The van der Waals surface area contributed by atoms with Crippen molar-refractivity contribution in [2.75, 3.05) is 0 Å². The Bertz CT molecular complexity index is 532. The van der Waals surface area contributed by atoms with E-state index in [0.717, 1.165) is 24.0 Å². The van der Waals surface area contributed by atoms with E-state index in [9.17, 15) is 15.0 Å². The summed E-state index contributed by atoms with van der Waals surface area (Å²) >= 11 is 0. The van der Waals surface area contributed by atoms with Gasteiger partial charge in [0.2, 0.25) is 0 Å². The third-order valence-electron chi connectivity index (χ3n) is 4.44. The van der Waals surface area contributed by atoms with Crippen molar-refractivity contribution in [1.82, 2.24) is 0 Å². The smallest absolute Gasteiger partial charge is 0.314 e. The van der Waals surface area contributed by atoms with Gasteiger partial charge in [-0.1, -0.05) is 51.3 Å². The Labute approximate surface area is 120 Å². The minimum Gasteiger partial charge on any atom is -0.507 e. The number of carboxylic acid groups (broad SMARTS) is 1. The summed E-state index contributed by atoms with van der Waals surface area (Å²) in [6, 6.07) is 3.81. The van der Waals surface area contributed by atoms with Gasteiger partial charge in [0.05, 0.1) is 5.41 Å². The molecule has 3 nitrogen and oxygen atoms in total. The van der Waals surface area contributed by atoms with E-state index in [1.54, 1.807) is 0 Å². The van der Waals surface area contributed by atoms with Crippen molar-refractivity contribution in [1.29, 1.82) is 0 Å². The predicted molar refractivity (Wildman–Crippen MR) is 79.3 cm³/mol. The standard InChI is InChI=1S/C17H24O3/c1-11-9-12(16(2,3)4)14(18)13(10-11)17(15(19)20)7-5-6-8-17/h9-10,18H,5-8H2,1-4H3,(H,19,20). The van der Waals surface area contributed by atoms with Crippen LogP contribution in [0.4, 0.5) is 0 Å². The molecule has 1 aromatic rings. The van der Waals surface area contributed by atoms with Crippen LogP contribution in [0.5, 0.6) is 5.75 Å². The summed E-state index contributed by atoms with van der Waals surface area (Å²) in [5.74, 6) is -0.636. The molecule has 110 valence electrons. The Balaban J connectivity index is 2.68. The molecule has 0 saturated heterocycles. The number of hydrogen-bond donors (Lipinski definition) is 2. The molecule has 0 unspecified atom stereocenters. The van der Waals surface area contributed by atoms with Gasteiger partial charge in [0.1, 0.15) is 5.75 Å². The molecule has 0 spiro atoms. The lowest BCUT2D eigenvalue weighted by molar-refractivity contribution is -0.143. The van der Waals surface area contributed by atoms with Gasteiger partial charge in [-0.25, -0.2) is 0 Å². The summed E-state index contributed by atoms with van der Waals surface area (Å²) in [7, 11) is 0. The summed E-state index contributed by atoms with van der Waals surface area (Å²) in [6.45, 7) is 8.07. The number of phenolic OH excluding ortho intramolecular Hbond substituents is 1. The normalized spacial score (nSPS) is 18.2. The second-order valence-electron chi connectivity index (χ2n) is 7.05. The van der Waals surface area contributed by atoms with Crippen LogP contribution < -0.4 is 0 Å². The van der Waals surface area contributed by atoms with Gasteiger partial charge in [0.15, 0.2) is 0 Å². The molecule has 1 aromatic carbocycles. The molecule has 0 aliphatic heterocycles. The summed E-state index contributed by atoms with van der Waals surface area (Å²) in [5, 5.41) is 20.4. The van der Waals surface area contributed by atoms with Gasteiger partial charge in [0, 0.05) is 5.56 Å². The molecule has 2 N–H and O–H groups in total. The largest absolute Gasteiger partial charge is 0.507 e. The Morgan fingerprint density at radius 1 is 1.20 bits per heavy atom. The SMILES string of the molecule is Cc1cc(C(C)(C)C)c(O)c(C2(C(=O)O)CCCC2)c1. The minimum absolute atomic E-state index is 0.174. The number of aromatic hydroxyl groups is 1. The highest BCUT2D eigenvalue weighted by atomic mass is 16.4. The second kappa shape index (κ2) is 4.80. The second-order valence-corrected chi connectivity index (χ2v) is 7.05. The van der Waals surface area contributed by atoms with Crippen LogP contribution in [0, 0.1) is 6.92 Å². The van der Waals surface area contributed by atoms with Gasteiger partial charge >= 0.3 is 5.97 Å². The maximum Gasteiger partial charge on any atom is 0.314 e. The first-order valence-corrected chi connectivity index (χ1v) is 7.26. The number of hydrogen-bond acceptors (Lipinski definition) is 2. The molecule has 1 aliphatic carbocycles. The van der Waals surface area contributed by atoms with Gasteiger partial charge in [-0.15, -0.1) is 0 Å². The molecule has 1 aliphatic rings.